The standard InChI is InChI=1S/C17H17F3N6O/c18-17(19,20)6-10(27)7-23-8-12-15(21)11-2-1-9(13-3-4-24-26-13)5-14(11)25-16(12)22/h1-5,8,10,21,23,27H,6-7H2,(H2,22,25)(H,24,26)/b12-8+,21-15?. The zero-order chi connectivity index (χ0) is 19.6. The van der Waals surface area contributed by atoms with Crippen LogP contribution in [0.3, 0.4) is 0 Å². The lowest BCUT2D eigenvalue weighted by atomic mass is 9.95. The summed E-state index contributed by atoms with van der Waals surface area (Å²) in [5.74, 6) is 0.0597. The molecule has 1 aliphatic rings. The van der Waals surface area contributed by atoms with E-state index in [1.165, 1.54) is 6.20 Å². The zero-order valence-electron chi connectivity index (χ0n) is 14.0. The first-order valence-corrected chi connectivity index (χ1v) is 8.01. The van der Waals surface area contributed by atoms with E-state index in [1.807, 2.05) is 0 Å². The van der Waals surface area contributed by atoms with Gasteiger partial charge in [0.15, 0.2) is 0 Å². The summed E-state index contributed by atoms with van der Waals surface area (Å²) in [6.07, 6.45) is -4.37. The summed E-state index contributed by atoms with van der Waals surface area (Å²) in [7, 11) is 0. The third kappa shape index (κ3) is 4.34. The molecule has 1 aromatic heterocycles. The third-order valence-corrected chi connectivity index (χ3v) is 3.92. The fraction of sp³-hybridized carbons (Fsp3) is 0.235. The van der Waals surface area contributed by atoms with Gasteiger partial charge < -0.3 is 16.2 Å². The molecule has 1 aliphatic heterocycles. The van der Waals surface area contributed by atoms with Crippen molar-refractivity contribution in [2.24, 2.45) is 10.7 Å². The van der Waals surface area contributed by atoms with Crippen LogP contribution in [0.4, 0.5) is 18.9 Å². The molecular formula is C17H17F3N6O. The quantitative estimate of drug-likeness (QED) is 0.547. The maximum absolute atomic E-state index is 12.2. The Morgan fingerprint density at radius 3 is 2.78 bits per heavy atom. The van der Waals surface area contributed by atoms with E-state index < -0.39 is 18.7 Å². The van der Waals surface area contributed by atoms with E-state index in [-0.39, 0.29) is 23.7 Å². The topological polar surface area (TPSA) is 123 Å². The smallest absolute Gasteiger partial charge is 0.391 e. The first-order chi connectivity index (χ1) is 12.7. The van der Waals surface area contributed by atoms with Crippen molar-refractivity contribution in [3.05, 3.63) is 47.8 Å². The Morgan fingerprint density at radius 2 is 2.11 bits per heavy atom. The van der Waals surface area contributed by atoms with Gasteiger partial charge in [0.05, 0.1) is 35.2 Å². The SMILES string of the molecule is N=C1/C(=C\NCC(O)CC(F)(F)F)C(N)=Nc2cc(-c3cc[nH]n3)ccc21. The van der Waals surface area contributed by atoms with Crippen LogP contribution < -0.4 is 11.1 Å². The summed E-state index contributed by atoms with van der Waals surface area (Å²) in [5.41, 5.74) is 8.81. The molecule has 0 radical (unpaired) electrons. The van der Waals surface area contributed by atoms with Crippen molar-refractivity contribution in [1.82, 2.24) is 15.5 Å². The number of aromatic nitrogens is 2. The number of nitrogens with zero attached hydrogens (tertiary/aromatic N) is 2. The summed E-state index contributed by atoms with van der Waals surface area (Å²) < 4.78 is 36.7. The summed E-state index contributed by atoms with van der Waals surface area (Å²) in [4.78, 5) is 4.27. The minimum atomic E-state index is -4.45. The van der Waals surface area contributed by atoms with Crippen molar-refractivity contribution in [3.8, 4) is 11.3 Å². The second kappa shape index (κ2) is 7.23. The van der Waals surface area contributed by atoms with Crippen LogP contribution in [-0.4, -0.2) is 45.7 Å². The largest absolute Gasteiger partial charge is 0.391 e. The van der Waals surface area contributed by atoms with E-state index in [1.54, 1.807) is 30.5 Å². The van der Waals surface area contributed by atoms with Gasteiger partial charge in [0.1, 0.15) is 5.84 Å². The second-order valence-electron chi connectivity index (χ2n) is 6.00. The van der Waals surface area contributed by atoms with Crippen LogP contribution in [0.1, 0.15) is 12.0 Å². The van der Waals surface area contributed by atoms with Crippen LogP contribution >= 0.6 is 0 Å². The summed E-state index contributed by atoms with van der Waals surface area (Å²) in [5, 5.41) is 27.1. The average Bonchev–Trinajstić information content (AvgIpc) is 3.10. The number of halogens is 3. The number of hydrogen-bond donors (Lipinski definition) is 5. The molecule has 1 aromatic carbocycles. The lowest BCUT2D eigenvalue weighted by Crippen LogP contribution is -2.31. The van der Waals surface area contributed by atoms with E-state index in [0.29, 0.717) is 11.3 Å². The normalized spacial score (nSPS) is 16.8. The Hall–Kier alpha value is -3.14. The highest BCUT2D eigenvalue weighted by Crippen LogP contribution is 2.31. The molecule has 7 nitrogen and oxygen atoms in total. The third-order valence-electron chi connectivity index (χ3n) is 3.92. The van der Waals surface area contributed by atoms with E-state index >= 15 is 0 Å². The number of H-pyrrole nitrogens is 1. The molecule has 10 heteroatoms. The van der Waals surface area contributed by atoms with Crippen molar-refractivity contribution in [3.63, 3.8) is 0 Å². The number of aliphatic imine (C=N–C) groups is 1. The van der Waals surface area contributed by atoms with Crippen molar-refractivity contribution < 1.29 is 18.3 Å². The average molecular weight is 378 g/mol. The van der Waals surface area contributed by atoms with Gasteiger partial charge in [0.2, 0.25) is 0 Å². The van der Waals surface area contributed by atoms with Crippen molar-refractivity contribution >= 4 is 17.2 Å². The number of fused-ring (bicyclic) bond motifs is 1. The summed E-state index contributed by atoms with van der Waals surface area (Å²) in [6, 6.07) is 7.05. The monoisotopic (exact) mass is 378 g/mol. The van der Waals surface area contributed by atoms with Crippen LogP contribution in [0.25, 0.3) is 11.3 Å². The molecule has 0 saturated heterocycles. The number of amidine groups is 1. The van der Waals surface area contributed by atoms with Crippen LogP contribution in [0.15, 0.2) is 47.2 Å². The maximum Gasteiger partial charge on any atom is 0.391 e. The molecule has 0 saturated carbocycles. The van der Waals surface area contributed by atoms with Gasteiger partial charge in [0, 0.05) is 30.1 Å². The predicted molar refractivity (Wildman–Crippen MR) is 94.9 cm³/mol. The van der Waals surface area contributed by atoms with Gasteiger partial charge in [-0.25, -0.2) is 4.99 Å². The highest BCUT2D eigenvalue weighted by molar-refractivity contribution is 6.32. The molecule has 2 heterocycles. The Labute approximate surface area is 152 Å². The minimum Gasteiger partial charge on any atom is -0.391 e. The molecule has 0 spiro atoms. The van der Waals surface area contributed by atoms with Crippen molar-refractivity contribution in [1.29, 1.82) is 5.41 Å². The van der Waals surface area contributed by atoms with E-state index in [0.717, 1.165) is 11.3 Å². The van der Waals surface area contributed by atoms with E-state index in [4.69, 9.17) is 11.1 Å². The van der Waals surface area contributed by atoms with Gasteiger partial charge in [-0.3, -0.25) is 10.5 Å². The van der Waals surface area contributed by atoms with Crippen LogP contribution in [0, 0.1) is 5.41 Å². The van der Waals surface area contributed by atoms with Gasteiger partial charge >= 0.3 is 6.18 Å². The molecule has 6 N–H and O–H groups in total. The first kappa shape index (κ1) is 18.6. The van der Waals surface area contributed by atoms with Gasteiger partial charge in [-0.05, 0) is 18.2 Å². The molecule has 0 amide bonds. The first-order valence-electron chi connectivity index (χ1n) is 8.01. The number of nitrogens with one attached hydrogen (secondary N) is 3. The highest BCUT2D eigenvalue weighted by atomic mass is 19.4. The van der Waals surface area contributed by atoms with Gasteiger partial charge in [-0.2, -0.15) is 18.3 Å². The zero-order valence-corrected chi connectivity index (χ0v) is 14.0. The number of nitrogens with two attached hydrogens (primary N) is 1. The molecule has 0 bridgehead atoms. The second-order valence-corrected chi connectivity index (χ2v) is 6.00. The molecule has 27 heavy (non-hydrogen) atoms. The molecule has 1 unspecified atom stereocenters. The number of alkyl halides is 3. The fourth-order valence-corrected chi connectivity index (χ4v) is 2.66. The number of hydrogen-bond acceptors (Lipinski definition) is 6. The number of benzene rings is 1. The van der Waals surface area contributed by atoms with Crippen LogP contribution in [-0.2, 0) is 0 Å². The molecule has 3 rings (SSSR count). The molecule has 0 aliphatic carbocycles. The van der Waals surface area contributed by atoms with Crippen LogP contribution in [0.5, 0.6) is 0 Å². The van der Waals surface area contributed by atoms with Crippen molar-refractivity contribution in [2.45, 2.75) is 18.7 Å². The molecule has 1 atom stereocenters. The van der Waals surface area contributed by atoms with Gasteiger partial charge in [-0.1, -0.05) is 6.07 Å². The number of rotatable bonds is 5. The lowest BCUT2D eigenvalue weighted by Gasteiger charge is -2.19. The Balaban J connectivity index is 1.76. The Bertz CT molecular complexity index is 902. The lowest BCUT2D eigenvalue weighted by molar-refractivity contribution is -0.152. The summed E-state index contributed by atoms with van der Waals surface area (Å²) in [6.45, 7) is -0.325. The Kier molecular flexibility index (Phi) is 5.00. The minimum absolute atomic E-state index is 0.0597. The van der Waals surface area contributed by atoms with E-state index in [9.17, 15) is 18.3 Å². The predicted octanol–water partition coefficient (Wildman–Crippen LogP) is 2.23. The van der Waals surface area contributed by atoms with Crippen molar-refractivity contribution in [2.75, 3.05) is 6.54 Å². The highest BCUT2D eigenvalue weighted by Gasteiger charge is 2.30. The molecular weight excluding hydrogens is 361 g/mol. The van der Waals surface area contributed by atoms with Gasteiger partial charge in [0.25, 0.3) is 0 Å². The molecule has 2 aromatic rings. The molecule has 0 fully saturated rings. The number of aliphatic hydroxyl groups is 1. The van der Waals surface area contributed by atoms with E-state index in [2.05, 4.69) is 20.5 Å². The fourth-order valence-electron chi connectivity index (χ4n) is 2.66. The van der Waals surface area contributed by atoms with Gasteiger partial charge in [-0.15, -0.1) is 0 Å². The number of aliphatic hydroxyl groups excluding tert-OH is 1. The summed E-state index contributed by atoms with van der Waals surface area (Å²) >= 11 is 0. The molecule has 142 valence electrons. The number of aromatic amines is 1. The maximum atomic E-state index is 12.2. The Morgan fingerprint density at radius 1 is 1.33 bits per heavy atom. The van der Waals surface area contributed by atoms with Crippen LogP contribution in [0.2, 0.25) is 0 Å².